The SMILES string of the molecule is C[C@@H](O)[C@H]1C(=O)N2C(C(=O)[O-])=C(/C=C/c3ccc[n+](C)c3)[C@H](C)[C@H]12. The first-order chi connectivity index (χ1) is 11.3. The van der Waals surface area contributed by atoms with Crippen LogP contribution in [0.5, 0.6) is 0 Å². The van der Waals surface area contributed by atoms with Crippen LogP contribution in [0.15, 0.2) is 41.9 Å². The number of amides is 1. The van der Waals surface area contributed by atoms with Crippen LogP contribution < -0.4 is 9.67 Å². The van der Waals surface area contributed by atoms with E-state index in [1.807, 2.05) is 49.1 Å². The van der Waals surface area contributed by atoms with Crippen molar-refractivity contribution in [3.05, 3.63) is 47.4 Å². The number of β-lactam (4-membered cyclic amide) rings is 1. The van der Waals surface area contributed by atoms with E-state index in [1.165, 1.54) is 4.90 Å². The van der Waals surface area contributed by atoms with Crippen LogP contribution in [0.4, 0.5) is 0 Å². The fourth-order valence-corrected chi connectivity index (χ4v) is 3.70. The molecule has 1 amide bonds. The van der Waals surface area contributed by atoms with E-state index in [9.17, 15) is 19.8 Å². The third-order valence-corrected chi connectivity index (χ3v) is 4.84. The second kappa shape index (κ2) is 5.87. The number of aliphatic carboxylic acids is 1. The van der Waals surface area contributed by atoms with Gasteiger partial charge in [-0.15, -0.1) is 0 Å². The number of carboxylic acids is 1. The summed E-state index contributed by atoms with van der Waals surface area (Å²) < 4.78 is 1.89. The molecule has 3 rings (SSSR count). The van der Waals surface area contributed by atoms with Crippen molar-refractivity contribution in [2.45, 2.75) is 26.0 Å². The number of hydrogen-bond donors (Lipinski definition) is 1. The molecule has 0 radical (unpaired) electrons. The molecular formula is C18H20N2O4. The quantitative estimate of drug-likeness (QED) is 0.590. The number of nitrogens with zero attached hydrogens (tertiary/aromatic N) is 2. The molecule has 1 aromatic rings. The molecule has 0 bridgehead atoms. The average Bonchev–Trinajstić information content (AvgIpc) is 2.74. The minimum Gasteiger partial charge on any atom is -0.543 e. The van der Waals surface area contributed by atoms with Crippen LogP contribution in [0.3, 0.4) is 0 Å². The molecule has 1 saturated heterocycles. The summed E-state index contributed by atoms with van der Waals surface area (Å²) in [6.45, 7) is 3.43. The molecule has 0 aliphatic carbocycles. The number of aliphatic hydroxyl groups is 1. The first-order valence-corrected chi connectivity index (χ1v) is 7.93. The van der Waals surface area contributed by atoms with Crippen molar-refractivity contribution in [1.29, 1.82) is 0 Å². The van der Waals surface area contributed by atoms with Crippen molar-refractivity contribution in [2.24, 2.45) is 18.9 Å². The van der Waals surface area contributed by atoms with Crippen molar-refractivity contribution in [3.63, 3.8) is 0 Å². The first kappa shape index (κ1) is 16.4. The Morgan fingerprint density at radius 3 is 2.75 bits per heavy atom. The molecule has 0 aromatic carbocycles. The predicted molar refractivity (Wildman–Crippen MR) is 83.7 cm³/mol. The summed E-state index contributed by atoms with van der Waals surface area (Å²) in [5.41, 5.74) is 1.40. The van der Waals surface area contributed by atoms with Crippen LogP contribution in [0.2, 0.25) is 0 Å². The molecule has 0 saturated carbocycles. The largest absolute Gasteiger partial charge is 0.543 e. The first-order valence-electron chi connectivity index (χ1n) is 7.93. The molecule has 24 heavy (non-hydrogen) atoms. The summed E-state index contributed by atoms with van der Waals surface area (Å²) in [4.78, 5) is 25.1. The number of carbonyl (C=O) groups excluding carboxylic acids is 2. The molecule has 4 atom stereocenters. The summed E-state index contributed by atoms with van der Waals surface area (Å²) >= 11 is 0. The number of carbonyl (C=O) groups is 2. The highest BCUT2D eigenvalue weighted by molar-refractivity contribution is 5.99. The highest BCUT2D eigenvalue weighted by atomic mass is 16.4. The fraction of sp³-hybridized carbons (Fsp3) is 0.389. The van der Waals surface area contributed by atoms with Crippen LogP contribution in [-0.4, -0.2) is 34.0 Å². The topological polar surface area (TPSA) is 84.5 Å². The minimum absolute atomic E-state index is 0.0778. The Morgan fingerprint density at radius 1 is 1.46 bits per heavy atom. The van der Waals surface area contributed by atoms with Crippen molar-refractivity contribution in [3.8, 4) is 0 Å². The molecule has 0 spiro atoms. The molecule has 2 aliphatic heterocycles. The third-order valence-electron chi connectivity index (χ3n) is 4.84. The number of rotatable bonds is 4. The molecule has 3 heterocycles. The van der Waals surface area contributed by atoms with Gasteiger partial charge in [0.1, 0.15) is 7.05 Å². The zero-order valence-corrected chi connectivity index (χ0v) is 13.8. The van der Waals surface area contributed by atoms with Crippen LogP contribution in [0, 0.1) is 11.8 Å². The summed E-state index contributed by atoms with van der Waals surface area (Å²) in [6, 6.07) is 3.48. The van der Waals surface area contributed by atoms with Crippen LogP contribution in [-0.2, 0) is 16.6 Å². The van der Waals surface area contributed by atoms with Crippen molar-refractivity contribution < 1.29 is 24.4 Å². The number of aryl methyl sites for hydroxylation is 1. The second-order valence-corrected chi connectivity index (χ2v) is 6.48. The molecular weight excluding hydrogens is 308 g/mol. The maximum Gasteiger partial charge on any atom is 0.235 e. The third kappa shape index (κ3) is 2.43. The molecule has 1 aromatic heterocycles. The Bertz CT molecular complexity index is 766. The van der Waals surface area contributed by atoms with E-state index < -0.39 is 18.0 Å². The van der Waals surface area contributed by atoms with Gasteiger partial charge in [-0.25, -0.2) is 4.57 Å². The average molecular weight is 328 g/mol. The van der Waals surface area contributed by atoms with E-state index in [-0.39, 0.29) is 23.6 Å². The molecule has 6 heteroatoms. The molecule has 6 nitrogen and oxygen atoms in total. The van der Waals surface area contributed by atoms with E-state index >= 15 is 0 Å². The summed E-state index contributed by atoms with van der Waals surface area (Å²) in [7, 11) is 1.90. The zero-order chi connectivity index (χ0) is 17.6. The number of fused-ring (bicyclic) bond motifs is 1. The Morgan fingerprint density at radius 2 is 2.17 bits per heavy atom. The van der Waals surface area contributed by atoms with Gasteiger partial charge in [0.15, 0.2) is 12.4 Å². The van der Waals surface area contributed by atoms with Gasteiger partial charge in [-0.3, -0.25) is 4.79 Å². The van der Waals surface area contributed by atoms with Crippen molar-refractivity contribution in [1.82, 2.24) is 4.90 Å². The Hall–Kier alpha value is -2.47. The van der Waals surface area contributed by atoms with Crippen LogP contribution in [0.1, 0.15) is 19.4 Å². The van der Waals surface area contributed by atoms with Gasteiger partial charge in [0.05, 0.1) is 29.7 Å². The number of pyridine rings is 1. The predicted octanol–water partition coefficient (Wildman–Crippen LogP) is -0.614. The zero-order valence-electron chi connectivity index (χ0n) is 13.8. The van der Waals surface area contributed by atoms with Gasteiger partial charge in [-0.05, 0) is 24.6 Å². The van der Waals surface area contributed by atoms with Gasteiger partial charge in [0.25, 0.3) is 0 Å². The van der Waals surface area contributed by atoms with E-state index in [0.717, 1.165) is 5.56 Å². The smallest absolute Gasteiger partial charge is 0.235 e. The maximum absolute atomic E-state index is 12.2. The number of aliphatic hydroxyl groups excluding tert-OH is 1. The lowest BCUT2D eigenvalue weighted by atomic mass is 9.77. The molecule has 126 valence electrons. The van der Waals surface area contributed by atoms with Gasteiger partial charge in [0, 0.05) is 17.5 Å². The van der Waals surface area contributed by atoms with Gasteiger partial charge in [-0.1, -0.05) is 13.0 Å². The van der Waals surface area contributed by atoms with Gasteiger partial charge >= 0.3 is 0 Å². The number of aromatic nitrogens is 1. The minimum atomic E-state index is -1.36. The standard InChI is InChI=1S/C18H20N2O4/c1-10-13(7-6-12-5-4-8-19(3)9-12)16(18(23)24)20-15(10)14(11(2)21)17(20)22/h4-11,14-15,21H,1-3H3/b7-6+/t10-,11+,14+,15+/m0/s1. The number of hydrogen-bond acceptors (Lipinski definition) is 4. The summed E-state index contributed by atoms with van der Waals surface area (Å²) in [5.74, 6) is -2.45. The van der Waals surface area contributed by atoms with Crippen molar-refractivity contribution in [2.75, 3.05) is 0 Å². The molecule has 1 fully saturated rings. The lowest BCUT2D eigenvalue weighted by Gasteiger charge is -2.47. The fourth-order valence-electron chi connectivity index (χ4n) is 3.70. The van der Waals surface area contributed by atoms with Crippen LogP contribution in [0.25, 0.3) is 6.08 Å². The Kier molecular flexibility index (Phi) is 4.01. The molecule has 2 aliphatic rings. The van der Waals surface area contributed by atoms with Gasteiger partial charge in [-0.2, -0.15) is 0 Å². The monoisotopic (exact) mass is 328 g/mol. The lowest BCUT2D eigenvalue weighted by Crippen LogP contribution is -2.64. The highest BCUT2D eigenvalue weighted by Crippen LogP contribution is 2.47. The highest BCUT2D eigenvalue weighted by Gasteiger charge is 2.58. The molecule has 0 unspecified atom stereocenters. The van der Waals surface area contributed by atoms with E-state index in [2.05, 4.69) is 0 Å². The second-order valence-electron chi connectivity index (χ2n) is 6.48. The Labute approximate surface area is 140 Å². The van der Waals surface area contributed by atoms with Gasteiger partial charge < -0.3 is 19.9 Å². The normalized spacial score (nSPS) is 27.4. The van der Waals surface area contributed by atoms with E-state index in [1.54, 1.807) is 13.0 Å². The Balaban J connectivity index is 1.97. The number of allylic oxidation sites excluding steroid dienone is 1. The lowest BCUT2D eigenvalue weighted by molar-refractivity contribution is -0.671. The number of carboxylic acid groups (broad SMARTS) is 1. The van der Waals surface area contributed by atoms with Crippen LogP contribution >= 0.6 is 0 Å². The van der Waals surface area contributed by atoms with Crippen molar-refractivity contribution >= 4 is 18.0 Å². The summed E-state index contributed by atoms with van der Waals surface area (Å²) in [6.07, 6.45) is 6.56. The van der Waals surface area contributed by atoms with Gasteiger partial charge in [0.2, 0.25) is 5.91 Å². The van der Waals surface area contributed by atoms with E-state index in [0.29, 0.717) is 5.57 Å². The van der Waals surface area contributed by atoms with E-state index in [4.69, 9.17) is 0 Å². The maximum atomic E-state index is 12.2. The summed E-state index contributed by atoms with van der Waals surface area (Å²) in [5, 5.41) is 21.4. The molecule has 1 N–H and O–H groups in total.